The lowest BCUT2D eigenvalue weighted by Gasteiger charge is -2.13. The Balaban J connectivity index is 1.98. The number of carbonyl (C=O) groups excluding carboxylic acids is 2. The number of benzene rings is 1. The average Bonchev–Trinajstić information content (AvgIpc) is 3.28. The van der Waals surface area contributed by atoms with E-state index in [-0.39, 0.29) is 10.0 Å². The van der Waals surface area contributed by atoms with E-state index in [4.69, 9.17) is 0 Å². The lowest BCUT2D eigenvalue weighted by molar-refractivity contribution is -0.143. The van der Waals surface area contributed by atoms with Crippen molar-refractivity contribution in [1.29, 1.82) is 0 Å². The molecule has 28 heavy (non-hydrogen) atoms. The van der Waals surface area contributed by atoms with Crippen LogP contribution in [0.25, 0.3) is 5.69 Å². The second-order valence-corrected chi connectivity index (χ2v) is 6.27. The first-order valence-corrected chi connectivity index (χ1v) is 8.29. The van der Waals surface area contributed by atoms with Crippen LogP contribution >= 0.6 is 11.3 Å². The number of hydrogen-bond acceptors (Lipinski definition) is 6. The zero-order valence-electron chi connectivity index (χ0n) is 14.0. The Morgan fingerprint density at radius 3 is 2.57 bits per heavy atom. The molecule has 7 nitrogen and oxygen atoms in total. The summed E-state index contributed by atoms with van der Waals surface area (Å²) in [7, 11) is 1.15. The van der Waals surface area contributed by atoms with Crippen molar-refractivity contribution in [3.63, 3.8) is 0 Å². The van der Waals surface area contributed by atoms with Gasteiger partial charge < -0.3 is 4.74 Å². The van der Waals surface area contributed by atoms with Crippen LogP contribution in [0.1, 0.15) is 25.7 Å². The quantitative estimate of drug-likeness (QED) is 0.522. The first-order valence-electron chi connectivity index (χ1n) is 7.48. The molecule has 12 heteroatoms. The van der Waals surface area contributed by atoms with Gasteiger partial charge >= 0.3 is 12.1 Å². The van der Waals surface area contributed by atoms with Gasteiger partial charge in [-0.15, -0.1) is 0 Å². The van der Waals surface area contributed by atoms with Crippen LogP contribution in [0.2, 0.25) is 0 Å². The molecule has 146 valence electrons. The number of para-hydroxylation sites is 1. The largest absolute Gasteiger partial charge is 0.465 e. The van der Waals surface area contributed by atoms with Crippen LogP contribution in [0.15, 0.2) is 36.7 Å². The highest BCUT2D eigenvalue weighted by Crippen LogP contribution is 2.34. The van der Waals surface area contributed by atoms with Gasteiger partial charge in [0.05, 0.1) is 25.1 Å². The van der Waals surface area contributed by atoms with Crippen LogP contribution in [0.5, 0.6) is 0 Å². The van der Waals surface area contributed by atoms with E-state index in [1.165, 1.54) is 12.1 Å². The third-order valence-electron chi connectivity index (χ3n) is 3.48. The second-order valence-electron chi connectivity index (χ2n) is 5.24. The third kappa shape index (κ3) is 3.71. The Morgan fingerprint density at radius 2 is 1.93 bits per heavy atom. The molecule has 0 aliphatic carbocycles. The normalized spacial score (nSPS) is 11.3. The summed E-state index contributed by atoms with van der Waals surface area (Å²) in [6, 6.07) is 4.72. The number of nitrogens with one attached hydrogen (secondary N) is 1. The minimum atomic E-state index is -4.99. The fourth-order valence-corrected chi connectivity index (χ4v) is 3.01. The van der Waals surface area contributed by atoms with Gasteiger partial charge in [-0.1, -0.05) is 23.5 Å². The van der Waals surface area contributed by atoms with Crippen molar-refractivity contribution in [2.75, 3.05) is 12.4 Å². The smallest absolute Gasteiger partial charge is 0.434 e. The van der Waals surface area contributed by atoms with Crippen LogP contribution in [0, 0.1) is 5.82 Å². The SMILES string of the molecule is COC(=O)c1cnc(NC(=O)c2cnn(-c3ccccc3F)c2C(F)(F)F)s1. The summed E-state index contributed by atoms with van der Waals surface area (Å²) in [6.45, 7) is 0. The molecule has 0 saturated carbocycles. The van der Waals surface area contributed by atoms with E-state index in [1.807, 2.05) is 0 Å². The van der Waals surface area contributed by atoms with E-state index < -0.39 is 40.8 Å². The average molecular weight is 414 g/mol. The van der Waals surface area contributed by atoms with Gasteiger partial charge in [0.1, 0.15) is 16.4 Å². The van der Waals surface area contributed by atoms with Gasteiger partial charge in [-0.05, 0) is 12.1 Å². The van der Waals surface area contributed by atoms with Crippen molar-refractivity contribution < 1.29 is 31.9 Å². The topological polar surface area (TPSA) is 86.1 Å². The number of ether oxygens (including phenoxy) is 1. The molecular weight excluding hydrogens is 404 g/mol. The minimum absolute atomic E-state index is 0.0518. The zero-order chi connectivity index (χ0) is 20.5. The number of esters is 1. The molecule has 1 aromatic carbocycles. The molecule has 0 bridgehead atoms. The number of hydrogen-bond donors (Lipinski definition) is 1. The van der Waals surface area contributed by atoms with Crippen molar-refractivity contribution >= 4 is 28.3 Å². The standard InChI is InChI=1S/C16H10F4N4O3S/c1-27-14(26)11-7-21-15(28-11)23-13(25)8-6-22-24(12(8)16(18,19)20)10-5-3-2-4-9(10)17/h2-7H,1H3,(H,21,23,25). The van der Waals surface area contributed by atoms with Crippen LogP contribution in [0.3, 0.4) is 0 Å². The molecule has 0 unspecified atom stereocenters. The molecule has 2 aromatic heterocycles. The van der Waals surface area contributed by atoms with Crippen molar-refractivity contribution in [3.05, 3.63) is 58.6 Å². The maximum atomic E-state index is 13.9. The van der Waals surface area contributed by atoms with Gasteiger partial charge in [0.2, 0.25) is 0 Å². The molecule has 3 aromatic rings. The molecule has 2 heterocycles. The Morgan fingerprint density at radius 1 is 1.21 bits per heavy atom. The molecule has 0 aliphatic heterocycles. The first kappa shape index (κ1) is 19.5. The van der Waals surface area contributed by atoms with Crippen LogP contribution in [-0.4, -0.2) is 33.8 Å². The molecule has 1 N–H and O–H groups in total. The third-order valence-corrected chi connectivity index (χ3v) is 4.37. The number of halogens is 4. The summed E-state index contributed by atoms with van der Waals surface area (Å²) >= 11 is 0.721. The summed E-state index contributed by atoms with van der Waals surface area (Å²) in [5.41, 5.74) is -2.73. The highest BCUT2D eigenvalue weighted by atomic mass is 32.1. The van der Waals surface area contributed by atoms with E-state index >= 15 is 0 Å². The van der Waals surface area contributed by atoms with Crippen LogP contribution in [-0.2, 0) is 10.9 Å². The van der Waals surface area contributed by atoms with Crippen LogP contribution in [0.4, 0.5) is 22.7 Å². The molecule has 0 atom stereocenters. The number of carbonyl (C=O) groups is 2. The van der Waals surface area contributed by atoms with E-state index in [0.29, 0.717) is 10.9 Å². The van der Waals surface area contributed by atoms with Crippen molar-refractivity contribution in [2.24, 2.45) is 0 Å². The fourth-order valence-electron chi connectivity index (χ4n) is 2.28. The number of anilines is 1. The van der Waals surface area contributed by atoms with Crippen molar-refractivity contribution in [2.45, 2.75) is 6.18 Å². The molecule has 0 saturated heterocycles. The second kappa shape index (κ2) is 7.38. The monoisotopic (exact) mass is 414 g/mol. The summed E-state index contributed by atoms with van der Waals surface area (Å²) in [5, 5.41) is 5.58. The maximum absolute atomic E-state index is 13.9. The molecule has 1 amide bonds. The predicted octanol–water partition coefficient (Wildman–Crippen LogP) is 3.53. The molecule has 0 radical (unpaired) electrons. The van der Waals surface area contributed by atoms with Crippen LogP contribution < -0.4 is 5.32 Å². The van der Waals surface area contributed by atoms with Gasteiger partial charge in [0.25, 0.3) is 5.91 Å². The van der Waals surface area contributed by atoms with E-state index in [9.17, 15) is 27.2 Å². The molecule has 0 aliphatic rings. The summed E-state index contributed by atoms with van der Waals surface area (Å²) in [5.74, 6) is -2.81. The number of nitrogens with zero attached hydrogens (tertiary/aromatic N) is 3. The maximum Gasteiger partial charge on any atom is 0.434 e. The number of rotatable bonds is 4. The van der Waals surface area contributed by atoms with E-state index in [0.717, 1.165) is 36.8 Å². The van der Waals surface area contributed by atoms with E-state index in [1.54, 1.807) is 0 Å². The van der Waals surface area contributed by atoms with Gasteiger partial charge in [-0.3, -0.25) is 10.1 Å². The molecular formula is C16H10F4N4O3S. The van der Waals surface area contributed by atoms with Gasteiger partial charge in [0, 0.05) is 0 Å². The predicted molar refractivity (Wildman–Crippen MR) is 89.9 cm³/mol. The summed E-state index contributed by atoms with van der Waals surface area (Å²) in [6.07, 6.45) is -3.20. The summed E-state index contributed by atoms with van der Waals surface area (Å²) < 4.78 is 59.5. The number of alkyl halides is 3. The lowest BCUT2D eigenvalue weighted by Crippen LogP contribution is -2.21. The zero-order valence-corrected chi connectivity index (χ0v) is 14.8. The molecule has 3 rings (SSSR count). The van der Waals surface area contributed by atoms with Gasteiger partial charge in [0.15, 0.2) is 10.8 Å². The Bertz CT molecular complexity index is 1040. The van der Waals surface area contributed by atoms with Crippen molar-refractivity contribution in [3.8, 4) is 5.69 Å². The highest BCUT2D eigenvalue weighted by Gasteiger charge is 2.41. The van der Waals surface area contributed by atoms with E-state index in [2.05, 4.69) is 20.1 Å². The van der Waals surface area contributed by atoms with Gasteiger partial charge in [-0.2, -0.15) is 18.3 Å². The number of thiazole rings is 1. The minimum Gasteiger partial charge on any atom is -0.465 e. The molecule has 0 fully saturated rings. The number of aromatic nitrogens is 3. The highest BCUT2D eigenvalue weighted by molar-refractivity contribution is 7.17. The van der Waals surface area contributed by atoms with Gasteiger partial charge in [-0.25, -0.2) is 18.9 Å². The number of amides is 1. The molecule has 0 spiro atoms. The fraction of sp³-hybridized carbons (Fsp3) is 0.125. The Kier molecular flexibility index (Phi) is 5.14. The Hall–Kier alpha value is -3.28. The first-order chi connectivity index (χ1) is 13.2. The number of methoxy groups -OCH3 is 1. The Labute approximate surface area is 158 Å². The summed E-state index contributed by atoms with van der Waals surface area (Å²) in [4.78, 5) is 27.5. The van der Waals surface area contributed by atoms with Crippen molar-refractivity contribution in [1.82, 2.24) is 14.8 Å². The lowest BCUT2D eigenvalue weighted by atomic mass is 10.2.